The number of nitrogens with zero attached hydrogens (tertiary/aromatic N) is 1. The normalized spacial score (nSPS) is 10.6. The number of nitriles is 1. The van der Waals surface area contributed by atoms with Gasteiger partial charge in [-0.2, -0.15) is 5.26 Å². The fourth-order valence-corrected chi connectivity index (χ4v) is 1.71. The van der Waals surface area contributed by atoms with Gasteiger partial charge in [0, 0.05) is 0 Å². The minimum Gasteiger partial charge on any atom is -0.493 e. The highest BCUT2D eigenvalue weighted by Crippen LogP contribution is 2.38. The zero-order chi connectivity index (χ0) is 14.4. The van der Waals surface area contributed by atoms with Crippen molar-refractivity contribution in [3.05, 3.63) is 28.3 Å². The molecule has 100 valence electrons. The Kier molecular flexibility index (Phi) is 5.22. The fourth-order valence-electron chi connectivity index (χ4n) is 1.42. The van der Waals surface area contributed by atoms with Crippen molar-refractivity contribution in [1.29, 1.82) is 5.26 Å². The van der Waals surface area contributed by atoms with Crippen molar-refractivity contribution in [1.82, 2.24) is 0 Å². The molecule has 0 fully saturated rings. The number of carbonyl (C=O) groups excluding carboxylic acids is 1. The first-order valence-electron chi connectivity index (χ1n) is 5.19. The van der Waals surface area contributed by atoms with Gasteiger partial charge < -0.3 is 14.2 Å². The molecule has 1 aromatic rings. The predicted octanol–water partition coefficient (Wildman–Crippen LogP) is 2.44. The first-order chi connectivity index (χ1) is 9.08. The summed E-state index contributed by atoms with van der Waals surface area (Å²) in [5, 5.41) is 9.14. The highest BCUT2D eigenvalue weighted by Gasteiger charge is 2.15. The van der Waals surface area contributed by atoms with Gasteiger partial charge in [0.15, 0.2) is 11.5 Å². The Morgan fingerprint density at radius 3 is 2.47 bits per heavy atom. The molecule has 0 atom stereocenters. The van der Waals surface area contributed by atoms with Gasteiger partial charge in [-0.3, -0.25) is 0 Å². The minimum absolute atomic E-state index is 0.156. The molecule has 5 nitrogen and oxygen atoms in total. The van der Waals surface area contributed by atoms with E-state index in [4.69, 9.17) is 26.3 Å². The van der Waals surface area contributed by atoms with E-state index in [0.29, 0.717) is 17.1 Å². The Morgan fingerprint density at radius 1 is 1.32 bits per heavy atom. The molecule has 0 aliphatic heterocycles. The number of rotatable bonds is 4. The fraction of sp³-hybridized carbons (Fsp3) is 0.231. The maximum Gasteiger partial charge on any atom is 0.348 e. The second kappa shape index (κ2) is 6.66. The molecular weight excluding hydrogens is 270 g/mol. The first kappa shape index (κ1) is 14.9. The summed E-state index contributed by atoms with van der Waals surface area (Å²) < 4.78 is 14.7. The van der Waals surface area contributed by atoms with Crippen molar-refractivity contribution in [3.8, 4) is 17.6 Å². The Hall–Kier alpha value is -2.19. The Bertz CT molecular complexity index is 560. The van der Waals surface area contributed by atoms with Gasteiger partial charge in [0.25, 0.3) is 0 Å². The quantitative estimate of drug-likeness (QED) is 0.482. The standard InChI is InChI=1S/C13H12ClNO4/c1-17-10-5-4-8(11(14)12(10)18-2)6-9(7-15)13(16)19-3/h4-6H,1-3H3/b9-6+. The molecular formula is C13H12ClNO4. The van der Waals surface area contributed by atoms with Crippen LogP contribution in [0.3, 0.4) is 0 Å². The van der Waals surface area contributed by atoms with E-state index >= 15 is 0 Å². The van der Waals surface area contributed by atoms with Crippen LogP contribution in [0.25, 0.3) is 6.08 Å². The van der Waals surface area contributed by atoms with E-state index in [-0.39, 0.29) is 10.6 Å². The SMILES string of the molecule is COC(=O)/C(C#N)=C/c1ccc(OC)c(OC)c1Cl. The second-order valence-corrected chi connectivity index (χ2v) is 3.74. The molecule has 6 heteroatoms. The van der Waals surface area contributed by atoms with Crippen molar-refractivity contribution in [2.75, 3.05) is 21.3 Å². The smallest absolute Gasteiger partial charge is 0.348 e. The van der Waals surface area contributed by atoms with Crippen LogP contribution in [0.4, 0.5) is 0 Å². The summed E-state index contributed by atoms with van der Waals surface area (Å²) in [5.41, 5.74) is 0.304. The first-order valence-corrected chi connectivity index (χ1v) is 5.57. The summed E-state index contributed by atoms with van der Waals surface area (Å²) in [5.74, 6) is 0.0645. The molecule has 0 aliphatic rings. The van der Waals surface area contributed by atoms with Crippen LogP contribution in [0.15, 0.2) is 17.7 Å². The molecule has 0 unspecified atom stereocenters. The van der Waals surface area contributed by atoms with Crippen LogP contribution in [0.5, 0.6) is 11.5 Å². The van der Waals surface area contributed by atoms with E-state index in [1.807, 2.05) is 0 Å². The Labute approximate surface area is 115 Å². The van der Waals surface area contributed by atoms with Gasteiger partial charge in [-0.15, -0.1) is 0 Å². The molecule has 0 aliphatic carbocycles. The van der Waals surface area contributed by atoms with E-state index in [1.54, 1.807) is 18.2 Å². The Morgan fingerprint density at radius 2 is 2.00 bits per heavy atom. The third kappa shape index (κ3) is 3.18. The molecule has 0 radical (unpaired) electrons. The number of hydrogen-bond donors (Lipinski definition) is 0. The van der Waals surface area contributed by atoms with Crippen LogP contribution in [-0.2, 0) is 9.53 Å². The van der Waals surface area contributed by atoms with Crippen molar-refractivity contribution >= 4 is 23.6 Å². The molecule has 19 heavy (non-hydrogen) atoms. The molecule has 0 saturated heterocycles. The molecule has 0 bridgehead atoms. The van der Waals surface area contributed by atoms with Crippen molar-refractivity contribution in [2.45, 2.75) is 0 Å². The van der Waals surface area contributed by atoms with E-state index in [1.165, 1.54) is 27.4 Å². The van der Waals surface area contributed by atoms with Gasteiger partial charge in [-0.25, -0.2) is 4.79 Å². The molecule has 0 N–H and O–H groups in total. The highest BCUT2D eigenvalue weighted by atomic mass is 35.5. The summed E-state index contributed by atoms with van der Waals surface area (Å²) in [7, 11) is 4.13. The lowest BCUT2D eigenvalue weighted by Crippen LogP contribution is -2.02. The van der Waals surface area contributed by atoms with Gasteiger partial charge in [0.2, 0.25) is 0 Å². The molecule has 0 amide bonds. The third-order valence-corrected chi connectivity index (χ3v) is 2.73. The monoisotopic (exact) mass is 281 g/mol. The number of ether oxygens (including phenoxy) is 3. The van der Waals surface area contributed by atoms with Gasteiger partial charge in [0.1, 0.15) is 11.6 Å². The lowest BCUT2D eigenvalue weighted by Gasteiger charge is -2.11. The summed E-state index contributed by atoms with van der Waals surface area (Å²) in [6.07, 6.45) is 1.33. The van der Waals surface area contributed by atoms with Crippen LogP contribution < -0.4 is 9.47 Å². The topological polar surface area (TPSA) is 68.6 Å². The van der Waals surface area contributed by atoms with Crippen LogP contribution in [-0.4, -0.2) is 27.3 Å². The van der Waals surface area contributed by atoms with E-state index in [2.05, 4.69) is 4.74 Å². The molecule has 1 aromatic carbocycles. The van der Waals surface area contributed by atoms with Crippen molar-refractivity contribution in [3.63, 3.8) is 0 Å². The summed E-state index contributed by atoms with van der Waals surface area (Å²) in [6, 6.07) is 4.99. The maximum absolute atomic E-state index is 11.3. The summed E-state index contributed by atoms with van der Waals surface area (Å²) >= 11 is 6.13. The lowest BCUT2D eigenvalue weighted by atomic mass is 10.1. The second-order valence-electron chi connectivity index (χ2n) is 3.37. The third-order valence-electron chi connectivity index (χ3n) is 2.34. The molecule has 0 heterocycles. The van der Waals surface area contributed by atoms with Crippen LogP contribution >= 0.6 is 11.6 Å². The van der Waals surface area contributed by atoms with E-state index < -0.39 is 5.97 Å². The number of esters is 1. The minimum atomic E-state index is -0.728. The van der Waals surface area contributed by atoms with Gasteiger partial charge in [-0.05, 0) is 23.8 Å². The average Bonchev–Trinajstić information content (AvgIpc) is 2.44. The van der Waals surface area contributed by atoms with Gasteiger partial charge >= 0.3 is 5.97 Å². The van der Waals surface area contributed by atoms with Gasteiger partial charge in [-0.1, -0.05) is 11.6 Å². The largest absolute Gasteiger partial charge is 0.493 e. The number of halogens is 1. The Balaban J connectivity index is 3.34. The highest BCUT2D eigenvalue weighted by molar-refractivity contribution is 6.34. The summed E-state index contributed by atoms with van der Waals surface area (Å²) in [6.45, 7) is 0. The van der Waals surface area contributed by atoms with Crippen LogP contribution in [0, 0.1) is 11.3 Å². The van der Waals surface area contributed by atoms with Gasteiger partial charge in [0.05, 0.1) is 26.4 Å². The zero-order valence-electron chi connectivity index (χ0n) is 10.7. The molecule has 0 saturated carbocycles. The maximum atomic E-state index is 11.3. The summed E-state index contributed by atoms with van der Waals surface area (Å²) in [4.78, 5) is 11.3. The zero-order valence-corrected chi connectivity index (χ0v) is 11.4. The van der Waals surface area contributed by atoms with Crippen molar-refractivity contribution in [2.24, 2.45) is 0 Å². The van der Waals surface area contributed by atoms with E-state index in [0.717, 1.165) is 0 Å². The van der Waals surface area contributed by atoms with E-state index in [9.17, 15) is 4.79 Å². The molecule has 0 spiro atoms. The van der Waals surface area contributed by atoms with Crippen LogP contribution in [0.2, 0.25) is 5.02 Å². The number of hydrogen-bond acceptors (Lipinski definition) is 5. The lowest BCUT2D eigenvalue weighted by molar-refractivity contribution is -0.135. The molecule has 0 aromatic heterocycles. The number of carbonyl (C=O) groups is 1. The average molecular weight is 282 g/mol. The van der Waals surface area contributed by atoms with Crippen LogP contribution in [0.1, 0.15) is 5.56 Å². The predicted molar refractivity (Wildman–Crippen MR) is 70.2 cm³/mol. The van der Waals surface area contributed by atoms with Crippen molar-refractivity contribution < 1.29 is 19.0 Å². The molecule has 1 rings (SSSR count). The number of methoxy groups -OCH3 is 3. The number of benzene rings is 1.